The van der Waals surface area contributed by atoms with Gasteiger partial charge in [0.05, 0.1) is 6.61 Å². The van der Waals surface area contributed by atoms with Gasteiger partial charge in [0.2, 0.25) is 0 Å². The first-order valence-corrected chi connectivity index (χ1v) is 6.75. The number of hydrogen-bond donors (Lipinski definition) is 1. The number of hydrogen-bond acceptors (Lipinski definition) is 3. The Hall–Kier alpha value is -0.580. The fourth-order valence-electron chi connectivity index (χ4n) is 2.37. The highest BCUT2D eigenvalue weighted by atomic mass is 79.9. The maximum Gasteiger partial charge on any atom is 0.0637 e. The van der Waals surface area contributed by atoms with Crippen molar-refractivity contribution in [1.29, 1.82) is 0 Å². The number of fused-ring (bicyclic) bond motifs is 1. The molecule has 0 saturated carbocycles. The van der Waals surface area contributed by atoms with Crippen LogP contribution in [0.15, 0.2) is 16.6 Å². The summed E-state index contributed by atoms with van der Waals surface area (Å²) < 4.78 is 6.35. The third kappa shape index (κ3) is 3.00. The normalized spacial score (nSPS) is 15.6. The van der Waals surface area contributed by atoms with Gasteiger partial charge >= 0.3 is 0 Å². The van der Waals surface area contributed by atoms with E-state index in [1.165, 1.54) is 16.8 Å². The number of anilines is 1. The van der Waals surface area contributed by atoms with Gasteiger partial charge in [-0.25, -0.2) is 0 Å². The lowest BCUT2D eigenvalue weighted by molar-refractivity contribution is 0.205. The van der Waals surface area contributed by atoms with Gasteiger partial charge in [-0.2, -0.15) is 0 Å². The monoisotopic (exact) mass is 298 g/mol. The Balaban J connectivity index is 2.33. The molecule has 0 saturated heterocycles. The van der Waals surface area contributed by atoms with Gasteiger partial charge in [0, 0.05) is 43.4 Å². The number of aryl methyl sites for hydroxylation is 1. The minimum atomic E-state index is 0.773. The number of methoxy groups -OCH3 is 1. The Bertz CT molecular complexity index is 395. The fraction of sp³-hybridized carbons (Fsp3) is 0.538. The highest BCUT2D eigenvalue weighted by molar-refractivity contribution is 9.10. The van der Waals surface area contributed by atoms with Gasteiger partial charge in [-0.15, -0.1) is 0 Å². The van der Waals surface area contributed by atoms with Crippen molar-refractivity contribution in [3.8, 4) is 0 Å². The summed E-state index contributed by atoms with van der Waals surface area (Å²) in [5.41, 5.74) is 4.06. The summed E-state index contributed by atoms with van der Waals surface area (Å²) in [5, 5.41) is 3.46. The molecule has 0 unspecified atom stereocenters. The van der Waals surface area contributed by atoms with Gasteiger partial charge in [0.15, 0.2) is 0 Å². The third-order valence-corrected chi connectivity index (χ3v) is 3.56. The molecule has 1 aromatic carbocycles. The second-order valence-corrected chi connectivity index (χ2v) is 5.30. The number of ether oxygens (including phenoxy) is 1. The van der Waals surface area contributed by atoms with E-state index in [4.69, 9.17) is 4.74 Å². The summed E-state index contributed by atoms with van der Waals surface area (Å²) in [5.74, 6) is 0. The summed E-state index contributed by atoms with van der Waals surface area (Å²) in [7, 11) is 1.76. The van der Waals surface area contributed by atoms with E-state index in [2.05, 4.69) is 45.2 Å². The first-order chi connectivity index (χ1) is 8.22. The second-order valence-electron chi connectivity index (χ2n) is 4.39. The van der Waals surface area contributed by atoms with Gasteiger partial charge in [0.1, 0.15) is 0 Å². The van der Waals surface area contributed by atoms with Gasteiger partial charge in [-0.1, -0.05) is 15.9 Å². The van der Waals surface area contributed by atoms with E-state index >= 15 is 0 Å². The van der Waals surface area contributed by atoms with E-state index < -0.39 is 0 Å². The van der Waals surface area contributed by atoms with Crippen LogP contribution in [0.3, 0.4) is 0 Å². The predicted octanol–water partition coefficient (Wildman–Crippen LogP) is 2.31. The fourth-order valence-corrected chi connectivity index (χ4v) is 2.99. The quantitative estimate of drug-likeness (QED) is 0.927. The Morgan fingerprint density at radius 1 is 1.47 bits per heavy atom. The van der Waals surface area contributed by atoms with Gasteiger partial charge in [0.25, 0.3) is 0 Å². The number of halogens is 1. The van der Waals surface area contributed by atoms with Crippen molar-refractivity contribution in [2.45, 2.75) is 13.5 Å². The van der Waals surface area contributed by atoms with E-state index in [1.807, 2.05) is 0 Å². The second kappa shape index (κ2) is 5.85. The van der Waals surface area contributed by atoms with Gasteiger partial charge in [-0.05, 0) is 30.2 Å². The first-order valence-electron chi connectivity index (χ1n) is 5.96. The van der Waals surface area contributed by atoms with Crippen LogP contribution >= 0.6 is 15.9 Å². The van der Waals surface area contributed by atoms with E-state index in [0.29, 0.717) is 0 Å². The molecule has 0 spiro atoms. The molecule has 0 bridgehead atoms. The predicted molar refractivity (Wildman–Crippen MR) is 74.7 cm³/mol. The van der Waals surface area contributed by atoms with Gasteiger partial charge < -0.3 is 15.0 Å². The number of benzene rings is 1. The summed E-state index contributed by atoms with van der Waals surface area (Å²) in [6.07, 6.45) is 0. The molecule has 0 fully saturated rings. The van der Waals surface area contributed by atoms with Crippen LogP contribution in [0, 0.1) is 6.92 Å². The van der Waals surface area contributed by atoms with Crippen LogP contribution < -0.4 is 10.2 Å². The summed E-state index contributed by atoms with van der Waals surface area (Å²) >= 11 is 3.57. The molecule has 0 aliphatic carbocycles. The molecule has 1 aliphatic rings. The molecule has 94 valence electrons. The van der Waals surface area contributed by atoms with Crippen molar-refractivity contribution in [2.24, 2.45) is 0 Å². The van der Waals surface area contributed by atoms with Crippen LogP contribution in [0.4, 0.5) is 5.69 Å². The molecule has 1 heterocycles. The van der Waals surface area contributed by atoms with Gasteiger partial charge in [-0.3, -0.25) is 0 Å². The minimum absolute atomic E-state index is 0.773. The Morgan fingerprint density at radius 3 is 3.06 bits per heavy atom. The molecule has 3 nitrogen and oxygen atoms in total. The summed E-state index contributed by atoms with van der Waals surface area (Å²) in [4.78, 5) is 2.42. The zero-order valence-corrected chi connectivity index (χ0v) is 12.0. The van der Waals surface area contributed by atoms with E-state index in [-0.39, 0.29) is 0 Å². The van der Waals surface area contributed by atoms with Crippen LogP contribution in [0.2, 0.25) is 0 Å². The van der Waals surface area contributed by atoms with Crippen LogP contribution in [-0.2, 0) is 11.3 Å². The molecular weight excluding hydrogens is 280 g/mol. The third-order valence-electron chi connectivity index (χ3n) is 3.10. The number of rotatable bonds is 3. The van der Waals surface area contributed by atoms with E-state index in [1.54, 1.807) is 7.11 Å². The largest absolute Gasteiger partial charge is 0.383 e. The molecule has 0 amide bonds. The van der Waals surface area contributed by atoms with E-state index in [9.17, 15) is 0 Å². The van der Waals surface area contributed by atoms with Crippen molar-refractivity contribution < 1.29 is 4.74 Å². The zero-order valence-electron chi connectivity index (χ0n) is 10.4. The van der Waals surface area contributed by atoms with Crippen LogP contribution in [0.25, 0.3) is 0 Å². The van der Waals surface area contributed by atoms with Crippen molar-refractivity contribution >= 4 is 21.6 Å². The van der Waals surface area contributed by atoms with Crippen molar-refractivity contribution in [2.75, 3.05) is 38.3 Å². The maximum atomic E-state index is 5.19. The summed E-state index contributed by atoms with van der Waals surface area (Å²) in [6, 6.07) is 4.39. The highest BCUT2D eigenvalue weighted by Gasteiger charge is 2.17. The topological polar surface area (TPSA) is 24.5 Å². The Kier molecular flexibility index (Phi) is 4.42. The average Bonchev–Trinajstić information content (AvgIpc) is 2.48. The van der Waals surface area contributed by atoms with Crippen LogP contribution in [0.5, 0.6) is 0 Å². The lowest BCUT2D eigenvalue weighted by atomic mass is 10.1. The lowest BCUT2D eigenvalue weighted by Crippen LogP contribution is -2.32. The molecule has 1 aliphatic heterocycles. The number of nitrogens with one attached hydrogen (secondary N) is 1. The summed E-state index contributed by atoms with van der Waals surface area (Å²) in [6.45, 7) is 6.91. The smallest absolute Gasteiger partial charge is 0.0637 e. The van der Waals surface area contributed by atoms with E-state index in [0.717, 1.165) is 37.3 Å². The standard InChI is InChI=1S/C13H19BrN2O/c1-10-7-12(14)8-11-9-15-3-4-16(13(10)11)5-6-17-2/h7-8,15H,3-6,9H2,1-2H3. The number of nitrogens with zero attached hydrogens (tertiary/aromatic N) is 1. The molecule has 17 heavy (non-hydrogen) atoms. The van der Waals surface area contributed by atoms with Crippen LogP contribution in [-0.4, -0.2) is 33.4 Å². The SMILES string of the molecule is COCCN1CCNCc2cc(Br)cc(C)c21. The molecule has 4 heteroatoms. The molecule has 1 N–H and O–H groups in total. The zero-order chi connectivity index (χ0) is 12.3. The lowest BCUT2D eigenvalue weighted by Gasteiger charge is -2.26. The molecule has 2 rings (SSSR count). The minimum Gasteiger partial charge on any atom is -0.383 e. The Morgan fingerprint density at radius 2 is 2.29 bits per heavy atom. The molecular formula is C13H19BrN2O. The molecule has 0 radical (unpaired) electrons. The molecule has 0 aromatic heterocycles. The van der Waals surface area contributed by atoms with Crippen molar-refractivity contribution in [1.82, 2.24) is 5.32 Å². The maximum absolute atomic E-state index is 5.19. The Labute approximate surface area is 111 Å². The van der Waals surface area contributed by atoms with Crippen molar-refractivity contribution in [3.63, 3.8) is 0 Å². The highest BCUT2D eigenvalue weighted by Crippen LogP contribution is 2.30. The molecule has 0 atom stereocenters. The average molecular weight is 299 g/mol. The van der Waals surface area contributed by atoms with Crippen molar-refractivity contribution in [3.05, 3.63) is 27.7 Å². The van der Waals surface area contributed by atoms with Crippen LogP contribution in [0.1, 0.15) is 11.1 Å². The molecule has 1 aromatic rings. The first kappa shape index (κ1) is 12.9.